The van der Waals surface area contributed by atoms with E-state index in [9.17, 15) is 8.42 Å². The Labute approximate surface area is 94.8 Å². The molecule has 0 aliphatic carbocycles. The molecular weight excluding hydrogens is 228 g/mol. The molecule has 1 aromatic rings. The fourth-order valence-corrected chi connectivity index (χ4v) is 3.59. The van der Waals surface area contributed by atoms with E-state index in [4.69, 9.17) is 5.11 Å². The zero-order valence-electron chi connectivity index (χ0n) is 8.78. The molecule has 1 N–H and O–H groups in total. The summed E-state index contributed by atoms with van der Waals surface area (Å²) in [5, 5.41) is 9.12. The van der Waals surface area contributed by atoms with Gasteiger partial charge in [-0.2, -0.15) is 4.31 Å². The van der Waals surface area contributed by atoms with Gasteiger partial charge in [0.2, 0.25) is 10.0 Å². The summed E-state index contributed by atoms with van der Waals surface area (Å²) >= 11 is 0. The molecule has 1 saturated heterocycles. The van der Waals surface area contributed by atoms with Gasteiger partial charge in [-0.05, 0) is 25.0 Å². The number of nitrogens with zero attached hydrogens (tertiary/aromatic N) is 2. The highest BCUT2D eigenvalue weighted by Gasteiger charge is 2.34. The molecule has 6 heteroatoms. The van der Waals surface area contributed by atoms with Crippen LogP contribution >= 0.6 is 0 Å². The van der Waals surface area contributed by atoms with Crippen molar-refractivity contribution < 1.29 is 13.5 Å². The molecule has 1 aliphatic rings. The van der Waals surface area contributed by atoms with Crippen LogP contribution in [-0.2, 0) is 10.0 Å². The minimum absolute atomic E-state index is 0.126. The second kappa shape index (κ2) is 4.48. The van der Waals surface area contributed by atoms with Crippen LogP contribution in [0.4, 0.5) is 0 Å². The Morgan fingerprint density at radius 2 is 2.38 bits per heavy atom. The van der Waals surface area contributed by atoms with Gasteiger partial charge in [-0.1, -0.05) is 0 Å². The summed E-state index contributed by atoms with van der Waals surface area (Å²) in [5.74, 6) is 0. The first-order valence-corrected chi connectivity index (χ1v) is 6.63. The molecule has 1 aliphatic heterocycles. The van der Waals surface area contributed by atoms with E-state index in [0.717, 1.165) is 12.8 Å². The zero-order chi connectivity index (χ0) is 11.6. The summed E-state index contributed by atoms with van der Waals surface area (Å²) in [4.78, 5) is 4.00. The lowest BCUT2D eigenvalue weighted by Crippen LogP contribution is -2.37. The number of pyridine rings is 1. The van der Waals surface area contributed by atoms with Gasteiger partial charge in [0.05, 0.1) is 6.61 Å². The highest BCUT2D eigenvalue weighted by atomic mass is 32.2. The molecule has 0 aromatic carbocycles. The molecule has 0 saturated carbocycles. The van der Waals surface area contributed by atoms with Crippen LogP contribution in [0.25, 0.3) is 0 Å². The number of rotatable bonds is 3. The second-order valence-electron chi connectivity index (χ2n) is 3.78. The Morgan fingerprint density at radius 1 is 1.56 bits per heavy atom. The molecule has 5 nitrogen and oxygen atoms in total. The lowest BCUT2D eigenvalue weighted by atomic mass is 10.2. The minimum atomic E-state index is -3.49. The molecule has 0 bridgehead atoms. The molecule has 0 unspecified atom stereocenters. The zero-order valence-corrected chi connectivity index (χ0v) is 9.60. The van der Waals surface area contributed by atoms with E-state index in [0.29, 0.717) is 6.54 Å². The van der Waals surface area contributed by atoms with E-state index in [2.05, 4.69) is 4.98 Å². The van der Waals surface area contributed by atoms with Gasteiger partial charge in [-0.25, -0.2) is 8.42 Å². The van der Waals surface area contributed by atoms with Crippen molar-refractivity contribution in [1.29, 1.82) is 0 Å². The molecule has 0 amide bonds. The van der Waals surface area contributed by atoms with Gasteiger partial charge < -0.3 is 5.11 Å². The SMILES string of the molecule is O=S(=O)(c1cccnc1)N1CCC[C@H]1CO. The van der Waals surface area contributed by atoms with Crippen molar-refractivity contribution in [2.45, 2.75) is 23.8 Å². The van der Waals surface area contributed by atoms with E-state index in [1.807, 2.05) is 0 Å². The summed E-state index contributed by atoms with van der Waals surface area (Å²) in [6.45, 7) is 0.349. The second-order valence-corrected chi connectivity index (χ2v) is 5.67. The summed E-state index contributed by atoms with van der Waals surface area (Å²) in [7, 11) is -3.49. The predicted molar refractivity (Wildman–Crippen MR) is 58.2 cm³/mol. The number of sulfonamides is 1. The maximum atomic E-state index is 12.2. The van der Waals surface area contributed by atoms with Crippen molar-refractivity contribution in [2.75, 3.05) is 13.2 Å². The fraction of sp³-hybridized carbons (Fsp3) is 0.500. The Bertz CT molecular complexity index is 446. The van der Waals surface area contributed by atoms with Crippen LogP contribution in [0.5, 0.6) is 0 Å². The molecule has 1 atom stereocenters. The maximum absolute atomic E-state index is 12.2. The Kier molecular flexibility index (Phi) is 3.22. The average molecular weight is 242 g/mol. The molecular formula is C10H14N2O3S. The molecule has 1 fully saturated rings. The molecule has 88 valence electrons. The minimum Gasteiger partial charge on any atom is -0.395 e. The van der Waals surface area contributed by atoms with Gasteiger partial charge in [0.15, 0.2) is 0 Å². The van der Waals surface area contributed by atoms with E-state index in [-0.39, 0.29) is 17.5 Å². The highest BCUT2D eigenvalue weighted by molar-refractivity contribution is 7.89. The van der Waals surface area contributed by atoms with Gasteiger partial charge in [-0.15, -0.1) is 0 Å². The smallest absolute Gasteiger partial charge is 0.244 e. The first-order valence-electron chi connectivity index (χ1n) is 5.19. The average Bonchev–Trinajstić information content (AvgIpc) is 2.79. The summed E-state index contributed by atoms with van der Waals surface area (Å²) in [5.41, 5.74) is 0. The van der Waals surface area contributed by atoms with Crippen LogP contribution in [0.2, 0.25) is 0 Å². The lowest BCUT2D eigenvalue weighted by molar-refractivity contribution is 0.213. The van der Waals surface area contributed by atoms with Crippen LogP contribution in [0, 0.1) is 0 Å². The molecule has 0 spiro atoms. The summed E-state index contributed by atoms with van der Waals surface area (Å²) < 4.78 is 25.7. The van der Waals surface area contributed by atoms with Crippen LogP contribution in [0.1, 0.15) is 12.8 Å². The van der Waals surface area contributed by atoms with E-state index >= 15 is 0 Å². The Balaban J connectivity index is 2.33. The van der Waals surface area contributed by atoms with Gasteiger partial charge >= 0.3 is 0 Å². The maximum Gasteiger partial charge on any atom is 0.244 e. The standard InChI is InChI=1S/C10H14N2O3S/c13-8-9-3-2-6-12(9)16(14,15)10-4-1-5-11-7-10/h1,4-5,7,9,13H,2-3,6,8H2/t9-/m0/s1. The topological polar surface area (TPSA) is 70.5 Å². The van der Waals surface area contributed by atoms with Crippen LogP contribution in [0.3, 0.4) is 0 Å². The van der Waals surface area contributed by atoms with Crippen LogP contribution < -0.4 is 0 Å². The number of hydrogen-bond acceptors (Lipinski definition) is 4. The van der Waals surface area contributed by atoms with E-state index in [1.165, 1.54) is 22.8 Å². The van der Waals surface area contributed by atoms with Crippen molar-refractivity contribution in [2.24, 2.45) is 0 Å². The Hall–Kier alpha value is -0.980. The van der Waals surface area contributed by atoms with Gasteiger partial charge in [0.25, 0.3) is 0 Å². The van der Waals surface area contributed by atoms with Crippen molar-refractivity contribution in [3.8, 4) is 0 Å². The molecule has 16 heavy (non-hydrogen) atoms. The number of aliphatic hydroxyl groups excluding tert-OH is 1. The largest absolute Gasteiger partial charge is 0.395 e. The van der Waals surface area contributed by atoms with Gasteiger partial charge in [0.1, 0.15) is 4.90 Å². The molecule has 0 radical (unpaired) electrons. The van der Waals surface area contributed by atoms with Crippen molar-refractivity contribution in [3.05, 3.63) is 24.5 Å². The van der Waals surface area contributed by atoms with Crippen molar-refractivity contribution >= 4 is 10.0 Å². The normalized spacial score (nSPS) is 22.4. The number of aromatic nitrogens is 1. The summed E-state index contributed by atoms with van der Waals surface area (Å²) in [6.07, 6.45) is 4.38. The molecule has 2 rings (SSSR count). The van der Waals surface area contributed by atoms with E-state index < -0.39 is 10.0 Å². The first kappa shape index (κ1) is 11.5. The van der Waals surface area contributed by atoms with Crippen LogP contribution in [-0.4, -0.2) is 42.0 Å². The van der Waals surface area contributed by atoms with Crippen molar-refractivity contribution in [3.63, 3.8) is 0 Å². The first-order chi connectivity index (χ1) is 7.66. The summed E-state index contributed by atoms with van der Waals surface area (Å²) in [6, 6.07) is 2.83. The Morgan fingerprint density at radius 3 is 3.00 bits per heavy atom. The monoisotopic (exact) mass is 242 g/mol. The van der Waals surface area contributed by atoms with Crippen molar-refractivity contribution in [1.82, 2.24) is 9.29 Å². The highest BCUT2D eigenvalue weighted by Crippen LogP contribution is 2.24. The fourth-order valence-electron chi connectivity index (χ4n) is 1.94. The quantitative estimate of drug-likeness (QED) is 0.823. The van der Waals surface area contributed by atoms with Gasteiger partial charge in [0, 0.05) is 25.0 Å². The molecule has 1 aromatic heterocycles. The number of aliphatic hydroxyl groups is 1. The third kappa shape index (κ3) is 1.95. The molecule has 2 heterocycles. The third-order valence-electron chi connectivity index (χ3n) is 2.77. The third-order valence-corrected chi connectivity index (χ3v) is 4.71. The van der Waals surface area contributed by atoms with E-state index in [1.54, 1.807) is 6.07 Å². The predicted octanol–water partition coefficient (Wildman–Crippen LogP) is 0.227. The number of hydrogen-bond donors (Lipinski definition) is 1. The van der Waals surface area contributed by atoms with Crippen LogP contribution in [0.15, 0.2) is 29.4 Å². The lowest BCUT2D eigenvalue weighted by Gasteiger charge is -2.22. The van der Waals surface area contributed by atoms with Gasteiger partial charge in [-0.3, -0.25) is 4.98 Å².